The fraction of sp³-hybridized carbons (Fsp3) is 0.444. The highest BCUT2D eigenvalue weighted by atomic mass is 32.1. The Morgan fingerprint density at radius 2 is 2.04 bits per heavy atom. The number of nitrogens with one attached hydrogen (secondary N) is 1. The van der Waals surface area contributed by atoms with Gasteiger partial charge in [0.15, 0.2) is 0 Å². The van der Waals surface area contributed by atoms with Crippen LogP contribution in [-0.4, -0.2) is 47.4 Å². The SMILES string of the molecule is CNCCC1CCN(C(=O)c2csc(-c3ccc([N+](=O)[O-])cc3)n2)CC1. The molecule has 1 amide bonds. The molecule has 0 unspecified atom stereocenters. The zero-order chi connectivity index (χ0) is 18.5. The van der Waals surface area contributed by atoms with Crippen molar-refractivity contribution in [1.82, 2.24) is 15.2 Å². The minimum Gasteiger partial charge on any atom is -0.337 e. The molecule has 1 saturated heterocycles. The molecule has 0 radical (unpaired) electrons. The molecule has 3 rings (SSSR count). The first-order valence-corrected chi connectivity index (χ1v) is 9.60. The summed E-state index contributed by atoms with van der Waals surface area (Å²) < 4.78 is 0. The van der Waals surface area contributed by atoms with Gasteiger partial charge in [-0.15, -0.1) is 11.3 Å². The minimum atomic E-state index is -0.430. The van der Waals surface area contributed by atoms with Crippen molar-refractivity contribution in [2.24, 2.45) is 5.92 Å². The molecule has 1 aromatic heterocycles. The van der Waals surface area contributed by atoms with Gasteiger partial charge in [0.25, 0.3) is 11.6 Å². The normalized spacial score (nSPS) is 15.2. The second-order valence-corrected chi connectivity index (χ2v) is 7.33. The fourth-order valence-corrected chi connectivity index (χ4v) is 3.97. The number of nitro groups is 1. The number of amides is 1. The second kappa shape index (κ2) is 8.37. The van der Waals surface area contributed by atoms with Crippen LogP contribution in [-0.2, 0) is 0 Å². The lowest BCUT2D eigenvalue weighted by Gasteiger charge is -2.31. The highest BCUT2D eigenvalue weighted by Gasteiger charge is 2.25. The molecule has 138 valence electrons. The zero-order valence-electron chi connectivity index (χ0n) is 14.7. The standard InChI is InChI=1S/C18H22N4O3S/c1-19-9-6-13-7-10-21(11-8-13)18(23)16-12-26-17(20-16)14-2-4-15(5-3-14)22(24)25/h2-5,12-13,19H,6-11H2,1H3. The molecule has 2 aromatic rings. The van der Waals surface area contributed by atoms with Crippen molar-refractivity contribution in [3.05, 3.63) is 45.5 Å². The Morgan fingerprint density at radius 3 is 2.65 bits per heavy atom. The minimum absolute atomic E-state index is 0.0264. The van der Waals surface area contributed by atoms with Crippen LogP contribution in [0.15, 0.2) is 29.6 Å². The van der Waals surface area contributed by atoms with Crippen molar-refractivity contribution < 1.29 is 9.72 Å². The number of rotatable bonds is 6. The first-order chi connectivity index (χ1) is 12.6. The molecule has 1 fully saturated rings. The highest BCUT2D eigenvalue weighted by Crippen LogP contribution is 2.27. The number of piperidine rings is 1. The molecule has 2 heterocycles. The summed E-state index contributed by atoms with van der Waals surface area (Å²) in [7, 11) is 1.96. The van der Waals surface area contributed by atoms with E-state index in [1.807, 2.05) is 11.9 Å². The number of nitrogens with zero attached hydrogens (tertiary/aromatic N) is 3. The predicted molar refractivity (Wildman–Crippen MR) is 101 cm³/mol. The maximum atomic E-state index is 12.7. The molecule has 1 aromatic carbocycles. The molecule has 0 spiro atoms. The van der Waals surface area contributed by atoms with Crippen LogP contribution >= 0.6 is 11.3 Å². The van der Waals surface area contributed by atoms with Gasteiger partial charge in [0.1, 0.15) is 10.7 Å². The third-order valence-electron chi connectivity index (χ3n) is 4.75. The molecule has 1 aliphatic rings. The van der Waals surface area contributed by atoms with Crippen molar-refractivity contribution in [3.63, 3.8) is 0 Å². The van der Waals surface area contributed by atoms with Crippen molar-refractivity contribution in [3.8, 4) is 10.6 Å². The predicted octanol–water partition coefficient (Wildman–Crippen LogP) is 3.18. The molecule has 8 heteroatoms. The third-order valence-corrected chi connectivity index (χ3v) is 5.64. The number of carbonyl (C=O) groups excluding carboxylic acids is 1. The summed E-state index contributed by atoms with van der Waals surface area (Å²) in [5.74, 6) is 0.652. The molecule has 0 atom stereocenters. The Labute approximate surface area is 156 Å². The maximum Gasteiger partial charge on any atom is 0.273 e. The van der Waals surface area contributed by atoms with Crippen molar-refractivity contribution >= 4 is 22.9 Å². The van der Waals surface area contributed by atoms with Crippen LogP contribution in [0.25, 0.3) is 10.6 Å². The lowest BCUT2D eigenvalue weighted by Crippen LogP contribution is -2.39. The largest absolute Gasteiger partial charge is 0.337 e. The van der Waals surface area contributed by atoms with Gasteiger partial charge in [0, 0.05) is 36.2 Å². The van der Waals surface area contributed by atoms with Gasteiger partial charge in [-0.2, -0.15) is 0 Å². The van der Waals surface area contributed by atoms with Crippen LogP contribution in [0.1, 0.15) is 29.8 Å². The van der Waals surface area contributed by atoms with Crippen molar-refractivity contribution in [2.45, 2.75) is 19.3 Å². The molecule has 0 bridgehead atoms. The Balaban J connectivity index is 1.62. The van der Waals surface area contributed by atoms with Gasteiger partial charge in [-0.1, -0.05) is 0 Å². The van der Waals surface area contributed by atoms with Crippen LogP contribution in [0.5, 0.6) is 0 Å². The van der Waals surface area contributed by atoms with Crippen molar-refractivity contribution in [1.29, 1.82) is 0 Å². The summed E-state index contributed by atoms with van der Waals surface area (Å²) in [5.41, 5.74) is 1.28. The molecule has 1 aliphatic heterocycles. The molecule has 1 N–H and O–H groups in total. The van der Waals surface area contributed by atoms with E-state index < -0.39 is 4.92 Å². The van der Waals surface area contributed by atoms with E-state index in [1.54, 1.807) is 17.5 Å². The van der Waals surface area contributed by atoms with Gasteiger partial charge < -0.3 is 10.2 Å². The summed E-state index contributed by atoms with van der Waals surface area (Å²) in [6.45, 7) is 2.57. The smallest absolute Gasteiger partial charge is 0.273 e. The molecule has 26 heavy (non-hydrogen) atoms. The summed E-state index contributed by atoms with van der Waals surface area (Å²) in [5, 5.41) is 16.4. The van der Waals surface area contributed by atoms with Crippen LogP contribution in [0, 0.1) is 16.0 Å². The summed E-state index contributed by atoms with van der Waals surface area (Å²) in [4.78, 5) is 29.3. The van der Waals surface area contributed by atoms with Gasteiger partial charge in [-0.25, -0.2) is 4.98 Å². The van der Waals surface area contributed by atoms with E-state index in [-0.39, 0.29) is 11.6 Å². The molecule has 0 aliphatic carbocycles. The Morgan fingerprint density at radius 1 is 1.35 bits per heavy atom. The summed E-state index contributed by atoms with van der Waals surface area (Å²) in [6, 6.07) is 6.24. The van der Waals surface area contributed by atoms with Gasteiger partial charge in [-0.3, -0.25) is 14.9 Å². The third kappa shape index (κ3) is 4.25. The molecule has 7 nitrogen and oxygen atoms in total. The van der Waals surface area contributed by atoms with E-state index >= 15 is 0 Å². The number of hydrogen-bond acceptors (Lipinski definition) is 6. The van der Waals surface area contributed by atoms with E-state index in [2.05, 4.69) is 10.3 Å². The number of nitro benzene ring substituents is 1. The van der Waals surface area contributed by atoms with Gasteiger partial charge in [0.2, 0.25) is 0 Å². The lowest BCUT2D eigenvalue weighted by molar-refractivity contribution is -0.384. The van der Waals surface area contributed by atoms with Gasteiger partial charge in [-0.05, 0) is 50.9 Å². The molecular formula is C18H22N4O3S. The van der Waals surface area contributed by atoms with Crippen molar-refractivity contribution in [2.75, 3.05) is 26.7 Å². The maximum absolute atomic E-state index is 12.7. The lowest BCUT2D eigenvalue weighted by atomic mass is 9.93. The highest BCUT2D eigenvalue weighted by molar-refractivity contribution is 7.13. The van der Waals surface area contributed by atoms with Gasteiger partial charge in [0.05, 0.1) is 4.92 Å². The monoisotopic (exact) mass is 374 g/mol. The number of aromatic nitrogens is 1. The Bertz CT molecular complexity index is 767. The number of likely N-dealkylation sites (tertiary alicyclic amines) is 1. The Kier molecular flexibility index (Phi) is 5.95. The van der Waals surface area contributed by atoms with Crippen LogP contribution in [0.2, 0.25) is 0 Å². The summed E-state index contributed by atoms with van der Waals surface area (Å²) >= 11 is 1.38. The average Bonchev–Trinajstić information content (AvgIpc) is 3.16. The second-order valence-electron chi connectivity index (χ2n) is 6.47. The number of hydrogen-bond donors (Lipinski definition) is 1. The quantitative estimate of drug-likeness (QED) is 0.620. The fourth-order valence-electron chi connectivity index (χ4n) is 3.17. The zero-order valence-corrected chi connectivity index (χ0v) is 15.5. The van der Waals surface area contributed by atoms with E-state index in [4.69, 9.17) is 0 Å². The first-order valence-electron chi connectivity index (χ1n) is 8.72. The van der Waals surface area contributed by atoms with Crippen LogP contribution < -0.4 is 5.32 Å². The number of carbonyl (C=O) groups is 1. The van der Waals surface area contributed by atoms with E-state index in [9.17, 15) is 14.9 Å². The number of benzene rings is 1. The Hall–Kier alpha value is -2.32. The van der Waals surface area contributed by atoms with E-state index in [0.717, 1.165) is 44.5 Å². The average molecular weight is 374 g/mol. The first kappa shape index (κ1) is 18.5. The molecular weight excluding hydrogens is 352 g/mol. The van der Waals surface area contributed by atoms with E-state index in [1.165, 1.54) is 23.5 Å². The summed E-state index contributed by atoms with van der Waals surface area (Å²) in [6.07, 6.45) is 3.22. The molecule has 0 saturated carbocycles. The topological polar surface area (TPSA) is 88.4 Å². The number of non-ortho nitro benzene ring substituents is 1. The van der Waals surface area contributed by atoms with Crippen LogP contribution in [0.4, 0.5) is 5.69 Å². The van der Waals surface area contributed by atoms with Gasteiger partial charge >= 0.3 is 0 Å². The number of thiazole rings is 1. The van der Waals surface area contributed by atoms with Crippen LogP contribution in [0.3, 0.4) is 0 Å². The van der Waals surface area contributed by atoms with E-state index in [0.29, 0.717) is 16.6 Å².